The largest absolute Gasteiger partial charge is 0.493 e. The van der Waals surface area contributed by atoms with Crippen LogP contribution in [0.1, 0.15) is 107 Å². The van der Waals surface area contributed by atoms with Crippen LogP contribution in [-0.2, 0) is 51.2 Å². The minimum absolute atomic E-state index is 0.142. The number of hydrogen-bond donors (Lipinski definition) is 2. The van der Waals surface area contributed by atoms with Crippen LogP contribution in [-0.4, -0.2) is 55.2 Å². The van der Waals surface area contributed by atoms with Gasteiger partial charge in [-0.2, -0.15) is 0 Å². The Labute approximate surface area is 386 Å². The smallest absolute Gasteiger partial charge is 0.333 e. The number of ether oxygens (including phenoxy) is 3. The van der Waals surface area contributed by atoms with Crippen molar-refractivity contribution >= 4 is 11.9 Å². The third-order valence-corrected chi connectivity index (χ3v) is 12.1. The number of aliphatic hydroxyl groups is 2. The fourth-order valence-corrected chi connectivity index (χ4v) is 8.17. The van der Waals surface area contributed by atoms with Crippen LogP contribution < -0.4 is 4.74 Å². The number of carbonyl (C=O) groups is 2. The third kappa shape index (κ3) is 14.2. The van der Waals surface area contributed by atoms with Gasteiger partial charge in [-0.05, 0) is 150 Å². The number of unbranched alkanes of at least 4 members (excludes halogenated alkanes) is 2. The number of hydrogen-bond acceptors (Lipinski definition) is 7. The number of benzene rings is 5. The standard InChI is InChI=1S/C57H69FO7/c1-7-11-12-15-40-18-20-44(21-19-40)47-24-27-53(54(58)36-47)52-26-23-46(33-43(52)9-3)45-22-25-51(42(8-2)32-45)50-34-48(16-13-29-63-55(61)10-4)56(64-31-28-41(37-59)38-60)49(35-50)17-14-30-65-57(62)39(5)6/h18-27,32-36,41,59-60H,5,7-17,28-31,37-38H2,1-4,6H3. The number of carbonyl (C=O) groups excluding carboxylic acids is 2. The zero-order valence-electron chi connectivity index (χ0n) is 39.3. The first-order valence-electron chi connectivity index (χ1n) is 23.7. The Hall–Kier alpha value is -5.57. The first-order valence-corrected chi connectivity index (χ1v) is 23.7. The van der Waals surface area contributed by atoms with Gasteiger partial charge in [0.15, 0.2) is 0 Å². The van der Waals surface area contributed by atoms with Crippen LogP contribution in [0.15, 0.2) is 103 Å². The highest BCUT2D eigenvalue weighted by Gasteiger charge is 2.19. The Morgan fingerprint density at radius 2 is 1.14 bits per heavy atom. The second-order valence-electron chi connectivity index (χ2n) is 17.0. The van der Waals surface area contributed by atoms with Gasteiger partial charge >= 0.3 is 11.9 Å². The van der Waals surface area contributed by atoms with Crippen molar-refractivity contribution < 1.29 is 38.4 Å². The van der Waals surface area contributed by atoms with Crippen LogP contribution >= 0.6 is 0 Å². The minimum Gasteiger partial charge on any atom is -0.493 e. The molecular weight excluding hydrogens is 816 g/mol. The molecule has 0 amide bonds. The Kier molecular flexibility index (Phi) is 20.0. The highest BCUT2D eigenvalue weighted by atomic mass is 19.1. The summed E-state index contributed by atoms with van der Waals surface area (Å²) in [4.78, 5) is 24.1. The summed E-state index contributed by atoms with van der Waals surface area (Å²) in [5.74, 6) is -0.493. The van der Waals surface area contributed by atoms with Crippen LogP contribution in [0, 0.1) is 11.7 Å². The van der Waals surface area contributed by atoms with Crippen molar-refractivity contribution in [1.29, 1.82) is 0 Å². The fraction of sp³-hybridized carbons (Fsp3) is 0.404. The maximum Gasteiger partial charge on any atom is 0.333 e. The second-order valence-corrected chi connectivity index (χ2v) is 17.0. The van der Waals surface area contributed by atoms with Crippen molar-refractivity contribution in [2.75, 3.05) is 33.0 Å². The van der Waals surface area contributed by atoms with E-state index in [0.717, 1.165) is 86.2 Å². The molecule has 0 heterocycles. The Morgan fingerprint density at radius 3 is 1.69 bits per heavy atom. The molecule has 8 heteroatoms. The first-order chi connectivity index (χ1) is 31.5. The van der Waals surface area contributed by atoms with Gasteiger partial charge in [-0.15, -0.1) is 0 Å². The molecule has 0 fully saturated rings. The van der Waals surface area contributed by atoms with E-state index >= 15 is 4.39 Å². The maximum absolute atomic E-state index is 16.0. The van der Waals surface area contributed by atoms with Crippen LogP contribution in [0.3, 0.4) is 0 Å². The van der Waals surface area contributed by atoms with E-state index in [0.29, 0.717) is 56.3 Å². The van der Waals surface area contributed by atoms with E-state index in [-0.39, 0.29) is 44.1 Å². The average molecular weight is 885 g/mol. The van der Waals surface area contributed by atoms with Gasteiger partial charge in [0.2, 0.25) is 0 Å². The zero-order chi connectivity index (χ0) is 46.7. The summed E-state index contributed by atoms with van der Waals surface area (Å²) >= 11 is 0. The predicted molar refractivity (Wildman–Crippen MR) is 262 cm³/mol. The van der Waals surface area contributed by atoms with E-state index in [1.165, 1.54) is 24.8 Å². The molecule has 0 radical (unpaired) electrons. The lowest BCUT2D eigenvalue weighted by Gasteiger charge is -2.21. The number of esters is 2. The molecule has 0 saturated heterocycles. The van der Waals surface area contributed by atoms with Crippen LogP contribution in [0.25, 0.3) is 44.5 Å². The van der Waals surface area contributed by atoms with Gasteiger partial charge in [0.25, 0.3) is 0 Å². The molecule has 2 N–H and O–H groups in total. The number of aliphatic hydroxyl groups excluding tert-OH is 2. The van der Waals surface area contributed by atoms with Crippen LogP contribution in [0.2, 0.25) is 0 Å². The molecular formula is C57H69FO7. The Balaban J connectivity index is 1.46. The maximum atomic E-state index is 16.0. The van der Waals surface area contributed by atoms with Gasteiger partial charge in [0, 0.05) is 36.7 Å². The molecule has 0 aromatic heterocycles. The fourth-order valence-electron chi connectivity index (χ4n) is 8.17. The molecule has 0 aliphatic heterocycles. The number of rotatable bonds is 26. The predicted octanol–water partition coefficient (Wildman–Crippen LogP) is 12.7. The summed E-state index contributed by atoms with van der Waals surface area (Å²) in [5.41, 5.74) is 13.4. The molecule has 5 aromatic rings. The van der Waals surface area contributed by atoms with E-state index in [1.54, 1.807) is 19.9 Å². The average Bonchev–Trinajstić information content (AvgIpc) is 3.33. The summed E-state index contributed by atoms with van der Waals surface area (Å²) in [6, 6.07) is 31.2. The van der Waals surface area contributed by atoms with E-state index in [9.17, 15) is 19.8 Å². The normalized spacial score (nSPS) is 11.2. The van der Waals surface area contributed by atoms with Crippen molar-refractivity contribution in [1.82, 2.24) is 0 Å². The topological polar surface area (TPSA) is 102 Å². The molecule has 0 bridgehead atoms. The molecule has 0 spiro atoms. The van der Waals surface area contributed by atoms with Crippen LogP contribution in [0.5, 0.6) is 5.75 Å². The molecule has 5 aromatic carbocycles. The van der Waals surface area contributed by atoms with Crippen molar-refractivity contribution in [3.8, 4) is 50.3 Å². The number of halogens is 1. The molecule has 65 heavy (non-hydrogen) atoms. The highest BCUT2D eigenvalue weighted by molar-refractivity contribution is 5.87. The number of aryl methyl sites for hydroxylation is 5. The summed E-state index contributed by atoms with van der Waals surface area (Å²) in [5, 5.41) is 19.4. The molecule has 0 atom stereocenters. The van der Waals surface area contributed by atoms with Crippen molar-refractivity contribution in [3.63, 3.8) is 0 Å². The lowest BCUT2D eigenvalue weighted by atomic mass is 9.88. The molecule has 0 saturated carbocycles. The molecule has 7 nitrogen and oxygen atoms in total. The summed E-state index contributed by atoms with van der Waals surface area (Å²) in [6.45, 7) is 14.1. The van der Waals surface area contributed by atoms with Gasteiger partial charge in [-0.25, -0.2) is 9.18 Å². The van der Waals surface area contributed by atoms with E-state index in [4.69, 9.17) is 14.2 Å². The SMILES string of the molecule is C=C(C)C(=O)OCCCc1cc(-c2ccc(-c3ccc(-c4ccc(-c5ccc(CCCCC)cc5)cc4F)c(CC)c3)cc2CC)cc(CCCOC(=O)CC)c1OCCC(CO)CO. The van der Waals surface area contributed by atoms with E-state index in [2.05, 4.69) is 94.1 Å². The van der Waals surface area contributed by atoms with Gasteiger partial charge in [0.1, 0.15) is 11.6 Å². The second kappa shape index (κ2) is 25.8. The third-order valence-electron chi connectivity index (χ3n) is 12.1. The minimum atomic E-state index is -0.430. The van der Waals surface area contributed by atoms with Gasteiger partial charge in [-0.3, -0.25) is 4.79 Å². The van der Waals surface area contributed by atoms with Crippen molar-refractivity contribution in [3.05, 3.63) is 137 Å². The summed E-state index contributed by atoms with van der Waals surface area (Å²) < 4.78 is 33.3. The Morgan fingerprint density at radius 1 is 0.600 bits per heavy atom. The zero-order valence-corrected chi connectivity index (χ0v) is 39.3. The quantitative estimate of drug-likeness (QED) is 0.0324. The Bertz CT molecular complexity index is 2340. The lowest BCUT2D eigenvalue weighted by molar-refractivity contribution is -0.143. The van der Waals surface area contributed by atoms with Gasteiger partial charge in [0.05, 0.1) is 19.8 Å². The van der Waals surface area contributed by atoms with Crippen molar-refractivity contribution in [2.24, 2.45) is 5.92 Å². The van der Waals surface area contributed by atoms with Crippen molar-refractivity contribution in [2.45, 2.75) is 112 Å². The summed E-state index contributed by atoms with van der Waals surface area (Å²) in [7, 11) is 0. The highest BCUT2D eigenvalue weighted by Crippen LogP contribution is 2.38. The molecule has 0 unspecified atom stereocenters. The molecule has 346 valence electrons. The molecule has 0 aliphatic carbocycles. The lowest BCUT2D eigenvalue weighted by Crippen LogP contribution is -2.16. The van der Waals surface area contributed by atoms with Crippen LogP contribution in [0.4, 0.5) is 4.39 Å². The molecule has 0 aliphatic rings. The molecule has 5 rings (SSSR count). The van der Waals surface area contributed by atoms with E-state index in [1.807, 2.05) is 18.2 Å². The van der Waals surface area contributed by atoms with E-state index < -0.39 is 5.97 Å². The summed E-state index contributed by atoms with van der Waals surface area (Å²) in [6.07, 6.45) is 9.25. The monoisotopic (exact) mass is 885 g/mol. The first kappa shape index (κ1) is 50.4. The van der Waals surface area contributed by atoms with Gasteiger partial charge in [-0.1, -0.05) is 120 Å². The van der Waals surface area contributed by atoms with Gasteiger partial charge < -0.3 is 24.4 Å².